The van der Waals surface area contributed by atoms with Crippen LogP contribution >= 0.6 is 11.3 Å². The molecule has 1 aliphatic rings. The van der Waals surface area contributed by atoms with Crippen LogP contribution in [0.4, 0.5) is 0 Å². The summed E-state index contributed by atoms with van der Waals surface area (Å²) in [4.78, 5) is 11.1. The lowest BCUT2D eigenvalue weighted by atomic mass is 9.89. The molecule has 1 aromatic heterocycles. The Balaban J connectivity index is 2.09. The number of hydrogen-bond acceptors (Lipinski definition) is 3. The van der Waals surface area contributed by atoms with Crippen molar-refractivity contribution in [3.05, 3.63) is 28.6 Å². The first-order valence-electron chi connectivity index (χ1n) is 5.63. The first-order chi connectivity index (χ1) is 8.15. The van der Waals surface area contributed by atoms with Gasteiger partial charge in [-0.1, -0.05) is 0 Å². The second-order valence-corrected chi connectivity index (χ2v) is 5.41. The molecule has 2 aromatic rings. The van der Waals surface area contributed by atoms with Gasteiger partial charge in [0.15, 0.2) is 0 Å². The largest absolute Gasteiger partial charge is 0.508 e. The molecular formula is C13H13NO2S. The van der Waals surface area contributed by atoms with E-state index in [2.05, 4.69) is 10.7 Å². The molecule has 0 fully saturated rings. The average molecular weight is 247 g/mol. The van der Waals surface area contributed by atoms with Crippen LogP contribution in [0.15, 0.2) is 17.5 Å². The van der Waals surface area contributed by atoms with E-state index in [1.807, 2.05) is 6.07 Å². The fourth-order valence-corrected chi connectivity index (χ4v) is 3.59. The number of phenols is 1. The quantitative estimate of drug-likeness (QED) is 0.811. The molecule has 1 aliphatic carbocycles. The van der Waals surface area contributed by atoms with Crippen molar-refractivity contribution < 1.29 is 9.90 Å². The van der Waals surface area contributed by atoms with Gasteiger partial charge in [-0.2, -0.15) is 0 Å². The number of carbonyl (C=O) groups is 1. The predicted octanol–water partition coefficient (Wildman–Crippen LogP) is 2.21. The fraction of sp³-hybridized carbons (Fsp3) is 0.308. The van der Waals surface area contributed by atoms with Crippen LogP contribution in [0.1, 0.15) is 18.1 Å². The lowest BCUT2D eigenvalue weighted by molar-refractivity contribution is -0.119. The van der Waals surface area contributed by atoms with Crippen LogP contribution in [0.25, 0.3) is 10.1 Å². The lowest BCUT2D eigenvalue weighted by Gasteiger charge is -2.23. The van der Waals surface area contributed by atoms with Crippen LogP contribution in [0.3, 0.4) is 0 Å². The minimum Gasteiger partial charge on any atom is -0.508 e. The smallest absolute Gasteiger partial charge is 0.217 e. The Morgan fingerprint density at radius 1 is 1.47 bits per heavy atom. The second-order valence-electron chi connectivity index (χ2n) is 4.50. The molecule has 17 heavy (non-hydrogen) atoms. The summed E-state index contributed by atoms with van der Waals surface area (Å²) in [5.74, 6) is 0.326. The minimum atomic E-state index is -0.0136. The van der Waals surface area contributed by atoms with Gasteiger partial charge >= 0.3 is 0 Å². The minimum absolute atomic E-state index is 0.0136. The zero-order chi connectivity index (χ0) is 12.0. The molecule has 0 saturated heterocycles. The SMILES string of the molecule is CC(=O)NC1Cc2csc3ccc(O)c(c23)C1. The Labute approximate surface area is 103 Å². The number of nitrogens with one attached hydrogen (secondary N) is 1. The maximum Gasteiger partial charge on any atom is 0.217 e. The monoisotopic (exact) mass is 247 g/mol. The molecule has 4 heteroatoms. The topological polar surface area (TPSA) is 49.3 Å². The van der Waals surface area contributed by atoms with E-state index in [9.17, 15) is 9.90 Å². The molecule has 0 aliphatic heterocycles. The summed E-state index contributed by atoms with van der Waals surface area (Å²) in [5.41, 5.74) is 2.21. The van der Waals surface area contributed by atoms with Gasteiger partial charge in [0.25, 0.3) is 0 Å². The molecule has 1 atom stereocenters. The van der Waals surface area contributed by atoms with Crippen molar-refractivity contribution in [3.8, 4) is 5.75 Å². The molecule has 0 radical (unpaired) electrons. The molecule has 1 amide bonds. The van der Waals surface area contributed by atoms with Gasteiger partial charge < -0.3 is 10.4 Å². The van der Waals surface area contributed by atoms with Gasteiger partial charge in [0, 0.05) is 28.6 Å². The van der Waals surface area contributed by atoms with E-state index < -0.39 is 0 Å². The molecule has 3 nitrogen and oxygen atoms in total. The first-order valence-corrected chi connectivity index (χ1v) is 6.51. The number of thiophene rings is 1. The number of phenolic OH excluding ortho intramolecular Hbond substituents is 1. The maximum atomic E-state index is 11.1. The van der Waals surface area contributed by atoms with Crippen LogP contribution < -0.4 is 5.32 Å². The van der Waals surface area contributed by atoms with E-state index in [0.29, 0.717) is 12.2 Å². The summed E-state index contributed by atoms with van der Waals surface area (Å²) in [6.45, 7) is 1.53. The Hall–Kier alpha value is -1.55. The van der Waals surface area contributed by atoms with Crippen LogP contribution in [-0.2, 0) is 17.6 Å². The Kier molecular flexibility index (Phi) is 2.33. The molecule has 88 valence electrons. The van der Waals surface area contributed by atoms with E-state index in [-0.39, 0.29) is 11.9 Å². The van der Waals surface area contributed by atoms with Gasteiger partial charge in [0.1, 0.15) is 5.75 Å². The van der Waals surface area contributed by atoms with E-state index in [0.717, 1.165) is 12.0 Å². The molecule has 1 unspecified atom stereocenters. The highest BCUT2D eigenvalue weighted by Crippen LogP contribution is 2.38. The highest BCUT2D eigenvalue weighted by atomic mass is 32.1. The van der Waals surface area contributed by atoms with Crippen LogP contribution in [0.5, 0.6) is 5.75 Å². The number of benzene rings is 1. The molecule has 2 N–H and O–H groups in total. The average Bonchev–Trinajstić information content (AvgIpc) is 2.67. The van der Waals surface area contributed by atoms with Crippen molar-refractivity contribution in [2.24, 2.45) is 0 Å². The van der Waals surface area contributed by atoms with E-state index in [1.165, 1.54) is 22.6 Å². The number of carbonyl (C=O) groups excluding carboxylic acids is 1. The normalized spacial score (nSPS) is 18.3. The van der Waals surface area contributed by atoms with Crippen LogP contribution in [0.2, 0.25) is 0 Å². The molecule has 3 rings (SSSR count). The second kappa shape index (κ2) is 3.74. The summed E-state index contributed by atoms with van der Waals surface area (Å²) >= 11 is 1.70. The summed E-state index contributed by atoms with van der Waals surface area (Å²) < 4.78 is 1.22. The third-order valence-electron chi connectivity index (χ3n) is 3.22. The van der Waals surface area contributed by atoms with Crippen molar-refractivity contribution in [1.29, 1.82) is 0 Å². The van der Waals surface area contributed by atoms with Crippen molar-refractivity contribution in [1.82, 2.24) is 5.32 Å². The summed E-state index contributed by atoms with van der Waals surface area (Å²) in [7, 11) is 0. The van der Waals surface area contributed by atoms with Crippen LogP contribution in [-0.4, -0.2) is 17.1 Å². The van der Waals surface area contributed by atoms with Gasteiger partial charge in [-0.05, 0) is 35.9 Å². The number of aromatic hydroxyl groups is 1. The first kappa shape index (κ1) is 10.6. The Morgan fingerprint density at radius 3 is 3.06 bits per heavy atom. The number of rotatable bonds is 1. The van der Waals surface area contributed by atoms with Gasteiger partial charge in [-0.3, -0.25) is 4.79 Å². The maximum absolute atomic E-state index is 11.1. The fourth-order valence-electron chi connectivity index (χ4n) is 2.59. The predicted molar refractivity (Wildman–Crippen MR) is 68.5 cm³/mol. The summed E-state index contributed by atoms with van der Waals surface area (Å²) in [6.07, 6.45) is 1.57. The lowest BCUT2D eigenvalue weighted by Crippen LogP contribution is -2.38. The van der Waals surface area contributed by atoms with Gasteiger partial charge in [-0.25, -0.2) is 0 Å². The standard InChI is InChI=1S/C13H13NO2S/c1-7(15)14-9-4-8-6-17-12-3-2-11(16)10(5-9)13(8)12/h2-3,6,9,16H,4-5H2,1H3,(H,14,15). The zero-order valence-electron chi connectivity index (χ0n) is 9.49. The zero-order valence-corrected chi connectivity index (χ0v) is 10.3. The van der Waals surface area contributed by atoms with Gasteiger partial charge in [0.2, 0.25) is 5.91 Å². The third-order valence-corrected chi connectivity index (χ3v) is 4.22. The molecule has 0 saturated carbocycles. The van der Waals surface area contributed by atoms with Crippen molar-refractivity contribution in [2.45, 2.75) is 25.8 Å². The van der Waals surface area contributed by atoms with E-state index >= 15 is 0 Å². The van der Waals surface area contributed by atoms with Crippen LogP contribution in [0, 0.1) is 0 Å². The number of amides is 1. The van der Waals surface area contributed by atoms with Gasteiger partial charge in [-0.15, -0.1) is 11.3 Å². The van der Waals surface area contributed by atoms with E-state index in [1.54, 1.807) is 17.4 Å². The highest BCUT2D eigenvalue weighted by Gasteiger charge is 2.24. The summed E-state index contributed by atoms with van der Waals surface area (Å²) in [5, 5.41) is 16.2. The van der Waals surface area contributed by atoms with Crippen molar-refractivity contribution in [3.63, 3.8) is 0 Å². The Morgan fingerprint density at radius 2 is 2.29 bits per heavy atom. The molecule has 0 spiro atoms. The molecule has 1 aromatic carbocycles. The third kappa shape index (κ3) is 1.69. The Bertz CT molecular complexity index is 603. The van der Waals surface area contributed by atoms with Crippen molar-refractivity contribution in [2.75, 3.05) is 0 Å². The highest BCUT2D eigenvalue weighted by molar-refractivity contribution is 7.17. The van der Waals surface area contributed by atoms with Gasteiger partial charge in [0.05, 0.1) is 0 Å². The van der Waals surface area contributed by atoms with E-state index in [4.69, 9.17) is 0 Å². The number of hydrogen-bond donors (Lipinski definition) is 2. The summed E-state index contributed by atoms with van der Waals surface area (Å²) in [6, 6.07) is 3.81. The molecule has 0 bridgehead atoms. The molecular weight excluding hydrogens is 234 g/mol. The van der Waals surface area contributed by atoms with Crippen molar-refractivity contribution >= 4 is 27.3 Å². The molecule has 1 heterocycles.